The molecule has 1 fully saturated rings. The average Bonchev–Trinajstić information content (AvgIpc) is 3.33. The van der Waals surface area contributed by atoms with Crippen LogP contribution in [0.15, 0.2) is 47.1 Å². The third-order valence-corrected chi connectivity index (χ3v) is 7.04. The van der Waals surface area contributed by atoms with Crippen molar-refractivity contribution in [2.45, 2.75) is 64.6 Å². The summed E-state index contributed by atoms with van der Waals surface area (Å²) in [5.74, 6) is 0.425. The summed E-state index contributed by atoms with van der Waals surface area (Å²) in [6.45, 7) is 6.53. The molecule has 1 aromatic carbocycles. The maximum atomic E-state index is 13.7. The van der Waals surface area contributed by atoms with E-state index >= 15 is 0 Å². The van der Waals surface area contributed by atoms with Crippen LogP contribution in [0.4, 0.5) is 5.69 Å². The van der Waals surface area contributed by atoms with Crippen LogP contribution in [0.5, 0.6) is 0 Å². The molecule has 1 aliphatic carbocycles. The lowest BCUT2D eigenvalue weighted by molar-refractivity contribution is -0.127. The number of carbonyl (C=O) groups excluding carboxylic acids is 2. The Morgan fingerprint density at radius 2 is 1.84 bits per heavy atom. The maximum Gasteiger partial charge on any atom is 0.276 e. The second-order valence-corrected chi connectivity index (χ2v) is 9.47. The van der Waals surface area contributed by atoms with Crippen LogP contribution in [-0.2, 0) is 11.3 Å². The fourth-order valence-electron chi connectivity index (χ4n) is 5.06. The number of benzene rings is 1. The Kier molecular flexibility index (Phi) is 4.68. The van der Waals surface area contributed by atoms with Gasteiger partial charge >= 0.3 is 0 Å². The van der Waals surface area contributed by atoms with E-state index in [2.05, 4.69) is 12.2 Å². The number of amides is 2. The largest absolute Gasteiger partial charge is 0.463 e. The zero-order valence-electron chi connectivity index (χ0n) is 18.4. The molecule has 2 aromatic heterocycles. The number of aromatic nitrogens is 1. The second-order valence-electron chi connectivity index (χ2n) is 9.47. The first kappa shape index (κ1) is 19.9. The summed E-state index contributed by atoms with van der Waals surface area (Å²) >= 11 is 0. The highest BCUT2D eigenvalue weighted by Gasteiger charge is 2.49. The van der Waals surface area contributed by atoms with Crippen LogP contribution < -0.4 is 10.2 Å². The Balaban J connectivity index is 1.56. The van der Waals surface area contributed by atoms with Crippen molar-refractivity contribution in [3.05, 3.63) is 53.9 Å². The normalized spacial score (nSPS) is 26.2. The molecule has 1 unspecified atom stereocenters. The molecule has 0 bridgehead atoms. The number of anilines is 1. The van der Waals surface area contributed by atoms with Crippen molar-refractivity contribution in [1.29, 1.82) is 0 Å². The molecule has 1 atom stereocenters. The van der Waals surface area contributed by atoms with Gasteiger partial charge in [-0.3, -0.25) is 14.5 Å². The molecule has 1 N–H and O–H groups in total. The maximum absolute atomic E-state index is 13.7. The molecule has 162 valence electrons. The van der Waals surface area contributed by atoms with Gasteiger partial charge in [0.05, 0.1) is 18.3 Å². The van der Waals surface area contributed by atoms with E-state index < -0.39 is 5.54 Å². The number of nitrogens with zero attached hydrogens (tertiary/aromatic N) is 2. The first-order valence-corrected chi connectivity index (χ1v) is 11.2. The highest BCUT2D eigenvalue weighted by atomic mass is 16.3. The van der Waals surface area contributed by atoms with Gasteiger partial charge in [-0.1, -0.05) is 24.6 Å². The van der Waals surface area contributed by atoms with Gasteiger partial charge in [0.25, 0.3) is 5.91 Å². The molecule has 3 heterocycles. The van der Waals surface area contributed by atoms with E-state index in [4.69, 9.17) is 4.42 Å². The minimum absolute atomic E-state index is 0.100. The Labute approximate surface area is 182 Å². The fraction of sp³-hybridized carbons (Fsp3) is 0.440. The summed E-state index contributed by atoms with van der Waals surface area (Å²) in [6, 6.07) is 11.6. The molecule has 31 heavy (non-hydrogen) atoms. The lowest BCUT2D eigenvalue weighted by Gasteiger charge is -2.44. The monoisotopic (exact) mass is 419 g/mol. The van der Waals surface area contributed by atoms with Gasteiger partial charge in [0.2, 0.25) is 5.91 Å². The predicted octanol–water partition coefficient (Wildman–Crippen LogP) is 4.66. The van der Waals surface area contributed by atoms with Crippen LogP contribution in [0.1, 0.15) is 55.6 Å². The van der Waals surface area contributed by atoms with E-state index in [0.29, 0.717) is 23.7 Å². The van der Waals surface area contributed by atoms with Crippen LogP contribution in [0, 0.1) is 12.8 Å². The Hall–Kier alpha value is -3.02. The van der Waals surface area contributed by atoms with Crippen molar-refractivity contribution in [1.82, 2.24) is 9.88 Å². The molecule has 3 aromatic rings. The molecule has 0 radical (unpaired) electrons. The van der Waals surface area contributed by atoms with Gasteiger partial charge in [-0.15, -0.1) is 0 Å². The lowest BCUT2D eigenvalue weighted by Crippen LogP contribution is -2.65. The molecule has 1 aliphatic heterocycles. The second kappa shape index (κ2) is 7.29. The molecule has 2 aliphatic rings. The van der Waals surface area contributed by atoms with Gasteiger partial charge in [0.15, 0.2) is 5.58 Å². The molecule has 1 saturated carbocycles. The molecule has 6 nitrogen and oxygen atoms in total. The molecule has 2 amide bonds. The highest BCUT2D eigenvalue weighted by Crippen LogP contribution is 2.36. The molecular formula is C25H29N3O3. The highest BCUT2D eigenvalue weighted by molar-refractivity contribution is 6.13. The van der Waals surface area contributed by atoms with Crippen LogP contribution in [-0.4, -0.2) is 28.0 Å². The van der Waals surface area contributed by atoms with Crippen LogP contribution >= 0.6 is 0 Å². The number of fused-ring (bicyclic) bond motifs is 3. The van der Waals surface area contributed by atoms with Crippen molar-refractivity contribution in [2.75, 3.05) is 4.90 Å². The minimum Gasteiger partial charge on any atom is -0.463 e. The number of carbonyl (C=O) groups is 2. The Bertz CT molecular complexity index is 1130. The van der Waals surface area contributed by atoms with Crippen molar-refractivity contribution in [3.8, 4) is 0 Å². The number of rotatable bonds is 3. The van der Waals surface area contributed by atoms with E-state index in [0.717, 1.165) is 42.5 Å². The van der Waals surface area contributed by atoms with Gasteiger partial charge in [0, 0.05) is 23.9 Å². The summed E-state index contributed by atoms with van der Waals surface area (Å²) in [5, 5.41) is 3.28. The minimum atomic E-state index is -1.05. The quantitative estimate of drug-likeness (QED) is 0.672. The molecular weight excluding hydrogens is 390 g/mol. The van der Waals surface area contributed by atoms with Gasteiger partial charge in [-0.25, -0.2) is 0 Å². The zero-order chi connectivity index (χ0) is 21.8. The van der Waals surface area contributed by atoms with E-state index in [-0.39, 0.29) is 17.9 Å². The van der Waals surface area contributed by atoms with E-state index in [1.54, 1.807) is 17.2 Å². The predicted molar refractivity (Wildman–Crippen MR) is 120 cm³/mol. The van der Waals surface area contributed by atoms with Crippen LogP contribution in [0.3, 0.4) is 0 Å². The van der Waals surface area contributed by atoms with E-state index in [9.17, 15) is 9.59 Å². The number of aryl methyl sites for hydroxylation is 1. The SMILES string of the molecule is Cc1ccc(N2C(=O)c3cc4occc4n3CC2(C)C(=O)NC2CCC(C)CC2)cc1. The smallest absolute Gasteiger partial charge is 0.276 e. The summed E-state index contributed by atoms with van der Waals surface area (Å²) < 4.78 is 7.47. The number of hydrogen-bond acceptors (Lipinski definition) is 3. The van der Waals surface area contributed by atoms with E-state index in [1.807, 2.05) is 48.7 Å². The average molecular weight is 420 g/mol. The van der Waals surface area contributed by atoms with Gasteiger partial charge in [-0.05, 0) is 57.6 Å². The summed E-state index contributed by atoms with van der Waals surface area (Å²) in [6.07, 6.45) is 5.85. The number of hydrogen-bond donors (Lipinski definition) is 1. The topological polar surface area (TPSA) is 67.5 Å². The van der Waals surface area contributed by atoms with Crippen molar-refractivity contribution in [2.24, 2.45) is 5.92 Å². The molecule has 0 saturated heterocycles. The summed E-state index contributed by atoms with van der Waals surface area (Å²) in [7, 11) is 0. The zero-order valence-corrected chi connectivity index (χ0v) is 18.4. The first-order chi connectivity index (χ1) is 14.9. The van der Waals surface area contributed by atoms with Gasteiger partial charge < -0.3 is 14.3 Å². The molecule has 5 rings (SSSR count). The number of furan rings is 1. The van der Waals surface area contributed by atoms with Crippen LogP contribution in [0.2, 0.25) is 0 Å². The summed E-state index contributed by atoms with van der Waals surface area (Å²) in [5.41, 5.74) is 2.85. The lowest BCUT2D eigenvalue weighted by atomic mass is 9.86. The van der Waals surface area contributed by atoms with Crippen molar-refractivity contribution < 1.29 is 14.0 Å². The Morgan fingerprint density at radius 1 is 1.13 bits per heavy atom. The summed E-state index contributed by atoms with van der Waals surface area (Å²) in [4.78, 5) is 29.1. The molecule has 6 heteroatoms. The van der Waals surface area contributed by atoms with Crippen LogP contribution in [0.25, 0.3) is 11.1 Å². The standard InChI is InChI=1S/C25H29N3O3/c1-16-4-8-18(9-5-16)26-24(30)25(3)15-27-20-12-13-31-22(20)14-21(27)23(29)28(25)19-10-6-17(2)7-11-19/h6-7,10-14,16,18H,4-5,8-9,15H2,1-3H3,(H,26,30). The third-order valence-electron chi connectivity index (χ3n) is 7.04. The van der Waals surface area contributed by atoms with Crippen molar-refractivity contribution >= 4 is 28.6 Å². The van der Waals surface area contributed by atoms with Crippen molar-refractivity contribution in [3.63, 3.8) is 0 Å². The Morgan fingerprint density at radius 3 is 2.55 bits per heavy atom. The van der Waals surface area contributed by atoms with E-state index in [1.165, 1.54) is 0 Å². The first-order valence-electron chi connectivity index (χ1n) is 11.2. The fourth-order valence-corrected chi connectivity index (χ4v) is 5.06. The molecule has 0 spiro atoms. The number of nitrogens with one attached hydrogen (secondary N) is 1. The van der Waals surface area contributed by atoms with Gasteiger partial charge in [-0.2, -0.15) is 0 Å². The van der Waals surface area contributed by atoms with Gasteiger partial charge in [0.1, 0.15) is 11.2 Å². The third kappa shape index (κ3) is 3.25.